The van der Waals surface area contributed by atoms with E-state index in [0.29, 0.717) is 24.8 Å². The van der Waals surface area contributed by atoms with Crippen molar-refractivity contribution in [3.8, 4) is 0 Å². The number of guanidine groups is 1. The Morgan fingerprint density at radius 2 is 1.29 bits per heavy atom. The van der Waals surface area contributed by atoms with Crippen LogP contribution < -0.4 is 43.4 Å². The molecule has 0 heterocycles. The topological polar surface area (TPSA) is 345 Å². The number of aliphatic carboxylic acids is 2. The molecular weight excluding hydrogens is 821 g/mol. The molecule has 0 aliphatic heterocycles. The summed E-state index contributed by atoms with van der Waals surface area (Å²) in [6.45, 7) is 4.98. The third-order valence-corrected chi connectivity index (χ3v) is 10.7. The number of hydrogen-bond donors (Lipinski definition) is 11. The van der Waals surface area contributed by atoms with Crippen LogP contribution in [0.4, 0.5) is 0 Å². The van der Waals surface area contributed by atoms with E-state index in [2.05, 4.69) is 31.9 Å². The Kier molecular flexibility index (Phi) is 22.6. The van der Waals surface area contributed by atoms with E-state index >= 15 is 0 Å². The lowest BCUT2D eigenvalue weighted by Crippen LogP contribution is -2.60. The van der Waals surface area contributed by atoms with Crippen molar-refractivity contribution in [3.05, 3.63) is 35.9 Å². The van der Waals surface area contributed by atoms with Crippen molar-refractivity contribution < 1.29 is 53.4 Å². The lowest BCUT2D eigenvalue weighted by Gasteiger charge is -2.31. The Bertz CT molecular complexity index is 1760. The molecule has 1 aliphatic rings. The molecule has 7 amide bonds. The Labute approximate surface area is 367 Å². The van der Waals surface area contributed by atoms with Crippen LogP contribution in [0.15, 0.2) is 30.3 Å². The van der Waals surface area contributed by atoms with E-state index in [-0.39, 0.29) is 62.9 Å². The number of nitrogens with one attached hydrogen (secondary N) is 7. The number of rotatable bonds is 27. The van der Waals surface area contributed by atoms with Crippen LogP contribution in [0.2, 0.25) is 0 Å². The van der Waals surface area contributed by atoms with E-state index in [9.17, 15) is 53.4 Å². The summed E-state index contributed by atoms with van der Waals surface area (Å²) in [7, 11) is 1.40. The standard InChI is InChI=1S/C42H66N10O11/c1-24(2)20-29(37(58)51-32(41(62)63)22-27-14-9-6-10-15-27)48-39(60)31(23-35(55)56)50-38(59)30(21-26-12-7-5-8-13-26)49-36(57)28(17-18-34(43)54)47-40(61)33(52(4)25(3)53)16-11-19-46-42(44)45/h6,9-10,14-15,24,26,28-33H,5,7-8,11-13,16-23H2,1-4H3,(H2,43,54)(H,47,61)(H,48,60)(H,49,57)(H,50,59)(H,51,58)(H,55,56)(H,62,63)(H4,44,45,46)/t28?,29-,30-,31?,32-,33-/m0/s1. The summed E-state index contributed by atoms with van der Waals surface area (Å²) in [5, 5.41) is 42.3. The molecule has 13 N–H and O–H groups in total. The van der Waals surface area contributed by atoms with Gasteiger partial charge in [-0.15, -0.1) is 0 Å². The van der Waals surface area contributed by atoms with Crippen molar-refractivity contribution in [3.63, 3.8) is 0 Å². The van der Waals surface area contributed by atoms with E-state index in [0.717, 1.165) is 19.3 Å². The summed E-state index contributed by atoms with van der Waals surface area (Å²) in [5.41, 5.74) is 11.4. The van der Waals surface area contributed by atoms with E-state index in [1.54, 1.807) is 44.2 Å². The maximum absolute atomic E-state index is 14.1. The van der Waals surface area contributed by atoms with Crippen LogP contribution in [0.3, 0.4) is 0 Å². The van der Waals surface area contributed by atoms with Gasteiger partial charge in [-0.2, -0.15) is 0 Å². The van der Waals surface area contributed by atoms with Crippen molar-refractivity contribution in [1.29, 1.82) is 5.41 Å². The first-order valence-electron chi connectivity index (χ1n) is 21.3. The molecule has 0 aromatic heterocycles. The molecule has 0 radical (unpaired) electrons. The number of amides is 7. The van der Waals surface area contributed by atoms with Gasteiger partial charge in [0, 0.05) is 33.4 Å². The van der Waals surface area contributed by atoms with E-state index in [1.165, 1.54) is 18.9 Å². The summed E-state index contributed by atoms with van der Waals surface area (Å²) in [4.78, 5) is 119. The summed E-state index contributed by atoms with van der Waals surface area (Å²) >= 11 is 0. The van der Waals surface area contributed by atoms with Gasteiger partial charge in [0.1, 0.15) is 36.3 Å². The molecule has 0 spiro atoms. The van der Waals surface area contributed by atoms with E-state index in [4.69, 9.17) is 16.9 Å². The number of carbonyl (C=O) groups excluding carboxylic acids is 7. The average molecular weight is 887 g/mol. The van der Waals surface area contributed by atoms with Crippen molar-refractivity contribution in [2.45, 2.75) is 140 Å². The summed E-state index contributed by atoms with van der Waals surface area (Å²) in [6.07, 6.45) is 2.98. The minimum absolute atomic E-state index is 0.0279. The van der Waals surface area contributed by atoms with Crippen molar-refractivity contribution in [2.75, 3.05) is 13.6 Å². The first-order chi connectivity index (χ1) is 29.7. The highest BCUT2D eigenvalue weighted by molar-refractivity contribution is 5.98. The molecule has 1 aromatic carbocycles. The normalized spacial score (nSPS) is 15.5. The van der Waals surface area contributed by atoms with E-state index < -0.39 is 96.0 Å². The average Bonchev–Trinajstić information content (AvgIpc) is 3.21. The number of carboxylic acid groups (broad SMARTS) is 2. The monoisotopic (exact) mass is 886 g/mol. The summed E-state index contributed by atoms with van der Waals surface area (Å²) < 4.78 is 0. The van der Waals surface area contributed by atoms with Crippen LogP contribution in [0.25, 0.3) is 0 Å². The molecule has 1 fully saturated rings. The minimum Gasteiger partial charge on any atom is -0.481 e. The molecule has 2 rings (SSSR count). The fraction of sp³-hybridized carbons (Fsp3) is 0.619. The van der Waals surface area contributed by atoms with Crippen LogP contribution in [0.1, 0.15) is 103 Å². The molecule has 0 bridgehead atoms. The SMILES string of the molecule is CC(=O)N(C)[C@@H](CCCNC(=N)N)C(=O)NC(CCC(N)=O)C(=O)N[C@@H](CC1CCCCC1)C(=O)NC(CC(=O)O)C(=O)N[C@@H](CC(C)C)C(=O)N[C@@H](Cc1ccccc1)C(=O)O. The van der Waals surface area contributed by atoms with Gasteiger partial charge in [-0.05, 0) is 49.5 Å². The van der Waals surface area contributed by atoms with Crippen LogP contribution in [0, 0.1) is 17.2 Å². The largest absolute Gasteiger partial charge is 0.481 e. The number of likely N-dealkylation sites (N-methyl/N-ethyl adjacent to an activating group) is 1. The third-order valence-electron chi connectivity index (χ3n) is 10.7. The second kappa shape index (κ2) is 26.9. The molecule has 0 saturated heterocycles. The molecule has 2 unspecified atom stereocenters. The zero-order chi connectivity index (χ0) is 47.2. The lowest BCUT2D eigenvalue weighted by molar-refractivity contribution is -0.143. The third kappa shape index (κ3) is 20.0. The Hall–Kier alpha value is -6.28. The van der Waals surface area contributed by atoms with Crippen molar-refractivity contribution in [1.82, 2.24) is 36.8 Å². The quantitative estimate of drug-likeness (QED) is 0.0305. The Morgan fingerprint density at radius 3 is 1.84 bits per heavy atom. The van der Waals surface area contributed by atoms with Gasteiger partial charge >= 0.3 is 11.9 Å². The molecule has 1 aliphatic carbocycles. The van der Waals surface area contributed by atoms with Crippen molar-refractivity contribution in [2.24, 2.45) is 23.3 Å². The molecule has 1 aromatic rings. The Balaban J connectivity index is 2.39. The smallest absolute Gasteiger partial charge is 0.326 e. The zero-order valence-electron chi connectivity index (χ0n) is 36.6. The minimum atomic E-state index is -1.76. The Morgan fingerprint density at radius 1 is 0.746 bits per heavy atom. The van der Waals surface area contributed by atoms with Gasteiger partial charge in [0.15, 0.2) is 5.96 Å². The zero-order valence-corrected chi connectivity index (χ0v) is 36.6. The summed E-state index contributed by atoms with van der Waals surface area (Å²) in [6, 6.07) is 0.242. The van der Waals surface area contributed by atoms with Gasteiger partial charge in [0.2, 0.25) is 41.4 Å². The van der Waals surface area contributed by atoms with E-state index in [1.807, 2.05) is 0 Å². The number of carboxylic acids is 2. The number of carbonyl (C=O) groups is 9. The maximum Gasteiger partial charge on any atom is 0.326 e. The fourth-order valence-electron chi connectivity index (χ4n) is 7.28. The second-order valence-corrected chi connectivity index (χ2v) is 16.4. The molecule has 1 saturated carbocycles. The van der Waals surface area contributed by atoms with Crippen molar-refractivity contribution >= 4 is 59.2 Å². The molecule has 350 valence electrons. The molecule has 6 atom stereocenters. The van der Waals surface area contributed by atoms with Gasteiger partial charge in [-0.25, -0.2) is 4.79 Å². The second-order valence-electron chi connectivity index (χ2n) is 16.4. The van der Waals surface area contributed by atoms with Crippen LogP contribution >= 0.6 is 0 Å². The number of nitrogens with two attached hydrogens (primary N) is 2. The first kappa shape index (κ1) is 52.9. The van der Waals surface area contributed by atoms with Crippen LogP contribution in [0.5, 0.6) is 0 Å². The number of hydrogen-bond acceptors (Lipinski definition) is 10. The highest BCUT2D eigenvalue weighted by Gasteiger charge is 2.36. The fourth-order valence-corrected chi connectivity index (χ4v) is 7.28. The highest BCUT2D eigenvalue weighted by Crippen LogP contribution is 2.27. The van der Waals surface area contributed by atoms with Gasteiger partial charge < -0.3 is 58.5 Å². The first-order valence-corrected chi connectivity index (χ1v) is 21.3. The number of benzene rings is 1. The highest BCUT2D eigenvalue weighted by atomic mass is 16.4. The predicted octanol–water partition coefficient (Wildman–Crippen LogP) is -0.395. The molecule has 21 nitrogen and oxygen atoms in total. The van der Waals surface area contributed by atoms with Crippen LogP contribution in [-0.2, 0) is 49.6 Å². The summed E-state index contributed by atoms with van der Waals surface area (Å²) in [5.74, 6) is -9.03. The molecule has 63 heavy (non-hydrogen) atoms. The number of nitrogens with zero attached hydrogens (tertiary/aromatic N) is 1. The van der Waals surface area contributed by atoms with Gasteiger partial charge in [0.25, 0.3) is 0 Å². The maximum atomic E-state index is 14.1. The van der Waals surface area contributed by atoms with Gasteiger partial charge in [-0.3, -0.25) is 43.8 Å². The molecular formula is C42H66N10O11. The lowest BCUT2D eigenvalue weighted by atomic mass is 9.84. The van der Waals surface area contributed by atoms with Gasteiger partial charge in [0.05, 0.1) is 6.42 Å². The van der Waals surface area contributed by atoms with Gasteiger partial charge in [-0.1, -0.05) is 76.3 Å². The number of primary amides is 1. The molecule has 21 heteroatoms. The van der Waals surface area contributed by atoms with Crippen LogP contribution in [-0.4, -0.2) is 124 Å². The predicted molar refractivity (Wildman–Crippen MR) is 230 cm³/mol.